The van der Waals surface area contributed by atoms with Crippen LogP contribution in [0.2, 0.25) is 0 Å². The minimum absolute atomic E-state index is 0.478. The molecule has 0 spiro atoms. The Balaban J connectivity index is 2.11. The zero-order valence-electron chi connectivity index (χ0n) is 11.8. The fourth-order valence-electron chi connectivity index (χ4n) is 3.36. The lowest BCUT2D eigenvalue weighted by Crippen LogP contribution is -2.28. The van der Waals surface area contributed by atoms with Crippen molar-refractivity contribution in [2.45, 2.75) is 45.1 Å². The van der Waals surface area contributed by atoms with E-state index < -0.39 is 0 Å². The minimum Gasteiger partial charge on any atom is -0.313 e. The standard InChI is InChI=1S/C16H23Br2N/c1-3-11-4-6-12(7-5-11)16(19-2)13-8-14(17)10-15(18)9-13/h8-12,16,19H,3-7H2,1-2H3. The van der Waals surface area contributed by atoms with Crippen LogP contribution in [0.25, 0.3) is 0 Å². The van der Waals surface area contributed by atoms with E-state index in [1.165, 1.54) is 37.7 Å². The van der Waals surface area contributed by atoms with E-state index in [-0.39, 0.29) is 0 Å². The average molecular weight is 389 g/mol. The summed E-state index contributed by atoms with van der Waals surface area (Å²) in [5, 5.41) is 3.53. The van der Waals surface area contributed by atoms with Crippen molar-refractivity contribution in [2.75, 3.05) is 7.05 Å². The molecule has 0 aromatic heterocycles. The molecule has 1 unspecified atom stereocenters. The SMILES string of the molecule is CCC1CCC(C(NC)c2cc(Br)cc(Br)c2)CC1. The number of hydrogen-bond acceptors (Lipinski definition) is 1. The Morgan fingerprint density at radius 2 is 1.68 bits per heavy atom. The maximum Gasteiger partial charge on any atom is 0.0346 e. The van der Waals surface area contributed by atoms with E-state index in [0.717, 1.165) is 20.8 Å². The van der Waals surface area contributed by atoms with Gasteiger partial charge in [0.05, 0.1) is 0 Å². The van der Waals surface area contributed by atoms with Crippen LogP contribution in [0, 0.1) is 11.8 Å². The molecule has 1 nitrogen and oxygen atoms in total. The summed E-state index contributed by atoms with van der Waals surface area (Å²) in [5.74, 6) is 1.73. The monoisotopic (exact) mass is 387 g/mol. The van der Waals surface area contributed by atoms with Crippen LogP contribution in [0.5, 0.6) is 0 Å². The van der Waals surface area contributed by atoms with Gasteiger partial charge in [0.25, 0.3) is 0 Å². The van der Waals surface area contributed by atoms with Gasteiger partial charge in [-0.3, -0.25) is 0 Å². The third-order valence-corrected chi connectivity index (χ3v) is 5.41. The molecule has 0 radical (unpaired) electrons. The second-order valence-corrected chi connectivity index (χ2v) is 7.49. The molecule has 1 aliphatic rings. The summed E-state index contributed by atoms with van der Waals surface area (Å²) in [7, 11) is 2.09. The quantitative estimate of drug-likeness (QED) is 0.698. The zero-order chi connectivity index (χ0) is 13.8. The predicted molar refractivity (Wildman–Crippen MR) is 89.4 cm³/mol. The third kappa shape index (κ3) is 4.05. The minimum atomic E-state index is 0.478. The molecule has 0 bridgehead atoms. The molecule has 0 saturated heterocycles. The van der Waals surface area contributed by atoms with E-state index in [9.17, 15) is 0 Å². The fourth-order valence-corrected chi connectivity index (χ4v) is 4.69. The highest BCUT2D eigenvalue weighted by Gasteiger charge is 2.27. The second-order valence-electron chi connectivity index (χ2n) is 5.66. The van der Waals surface area contributed by atoms with Gasteiger partial charge in [-0.05, 0) is 55.5 Å². The van der Waals surface area contributed by atoms with Gasteiger partial charge >= 0.3 is 0 Å². The lowest BCUT2D eigenvalue weighted by atomic mass is 9.76. The Morgan fingerprint density at radius 3 is 2.16 bits per heavy atom. The Labute approximate surface area is 133 Å². The number of nitrogens with one attached hydrogen (secondary N) is 1. The first-order valence-corrected chi connectivity index (χ1v) is 8.86. The molecule has 1 aliphatic carbocycles. The molecule has 1 saturated carbocycles. The molecular weight excluding hydrogens is 366 g/mol. The van der Waals surface area contributed by atoms with E-state index in [1.807, 2.05) is 0 Å². The summed E-state index contributed by atoms with van der Waals surface area (Å²) in [6.45, 7) is 2.33. The van der Waals surface area contributed by atoms with E-state index in [4.69, 9.17) is 0 Å². The number of halogens is 2. The molecule has 1 N–H and O–H groups in total. The van der Waals surface area contributed by atoms with Crippen molar-refractivity contribution in [1.29, 1.82) is 0 Å². The Hall–Kier alpha value is 0.140. The van der Waals surface area contributed by atoms with Gasteiger partial charge in [-0.15, -0.1) is 0 Å². The van der Waals surface area contributed by atoms with Crippen LogP contribution in [-0.4, -0.2) is 7.05 Å². The van der Waals surface area contributed by atoms with Gasteiger partial charge in [0.1, 0.15) is 0 Å². The zero-order valence-corrected chi connectivity index (χ0v) is 14.9. The summed E-state index contributed by atoms with van der Waals surface area (Å²) in [6, 6.07) is 7.08. The highest BCUT2D eigenvalue weighted by atomic mass is 79.9. The molecule has 0 heterocycles. The second kappa shape index (κ2) is 7.24. The van der Waals surface area contributed by atoms with Gasteiger partial charge in [0.15, 0.2) is 0 Å². The fraction of sp³-hybridized carbons (Fsp3) is 0.625. The van der Waals surface area contributed by atoms with Crippen LogP contribution in [0.3, 0.4) is 0 Å². The van der Waals surface area contributed by atoms with Crippen molar-refractivity contribution >= 4 is 31.9 Å². The molecular formula is C16H23Br2N. The molecule has 1 aromatic carbocycles. The highest BCUT2D eigenvalue weighted by molar-refractivity contribution is 9.11. The number of hydrogen-bond donors (Lipinski definition) is 1. The van der Waals surface area contributed by atoms with E-state index in [0.29, 0.717) is 6.04 Å². The van der Waals surface area contributed by atoms with Crippen molar-refractivity contribution in [3.63, 3.8) is 0 Å². The first-order chi connectivity index (χ1) is 9.13. The van der Waals surface area contributed by atoms with Crippen LogP contribution in [0.4, 0.5) is 0 Å². The van der Waals surface area contributed by atoms with Crippen LogP contribution < -0.4 is 5.32 Å². The Bertz CT molecular complexity index is 391. The molecule has 106 valence electrons. The summed E-state index contributed by atoms with van der Waals surface area (Å²) in [6.07, 6.45) is 6.85. The molecule has 1 aromatic rings. The van der Waals surface area contributed by atoms with E-state index >= 15 is 0 Å². The first kappa shape index (κ1) is 15.5. The molecule has 1 atom stereocenters. The van der Waals surface area contributed by atoms with Gasteiger partial charge in [-0.2, -0.15) is 0 Å². The average Bonchev–Trinajstić information content (AvgIpc) is 2.39. The highest BCUT2D eigenvalue weighted by Crippen LogP contribution is 2.38. The van der Waals surface area contributed by atoms with Crippen molar-refractivity contribution in [3.8, 4) is 0 Å². The van der Waals surface area contributed by atoms with Crippen molar-refractivity contribution in [1.82, 2.24) is 5.32 Å². The lowest BCUT2D eigenvalue weighted by molar-refractivity contribution is 0.224. The van der Waals surface area contributed by atoms with Crippen LogP contribution >= 0.6 is 31.9 Å². The van der Waals surface area contributed by atoms with Crippen LogP contribution in [-0.2, 0) is 0 Å². The number of rotatable bonds is 4. The summed E-state index contributed by atoms with van der Waals surface area (Å²) < 4.78 is 2.30. The maximum atomic E-state index is 3.60. The largest absolute Gasteiger partial charge is 0.313 e. The summed E-state index contributed by atoms with van der Waals surface area (Å²) in [4.78, 5) is 0. The third-order valence-electron chi connectivity index (χ3n) is 4.50. The molecule has 0 aliphatic heterocycles. The summed E-state index contributed by atoms with van der Waals surface area (Å²) >= 11 is 7.19. The van der Waals surface area contributed by atoms with Crippen LogP contribution in [0.1, 0.15) is 50.6 Å². The normalized spacial score (nSPS) is 25.3. The molecule has 1 fully saturated rings. The topological polar surface area (TPSA) is 12.0 Å². The smallest absolute Gasteiger partial charge is 0.0346 e. The van der Waals surface area contributed by atoms with E-state index in [1.54, 1.807) is 0 Å². The molecule has 19 heavy (non-hydrogen) atoms. The molecule has 3 heteroatoms. The van der Waals surface area contributed by atoms with Gasteiger partial charge in [0.2, 0.25) is 0 Å². The maximum absolute atomic E-state index is 3.60. The van der Waals surface area contributed by atoms with Gasteiger partial charge in [0, 0.05) is 15.0 Å². The molecule has 2 rings (SSSR count). The van der Waals surface area contributed by atoms with Crippen molar-refractivity contribution < 1.29 is 0 Å². The van der Waals surface area contributed by atoms with Crippen LogP contribution in [0.15, 0.2) is 27.1 Å². The van der Waals surface area contributed by atoms with Crippen molar-refractivity contribution in [2.24, 2.45) is 11.8 Å². The first-order valence-electron chi connectivity index (χ1n) is 7.27. The lowest BCUT2D eigenvalue weighted by Gasteiger charge is -2.34. The predicted octanol–water partition coefficient (Wildman–Crippen LogP) is 5.69. The summed E-state index contributed by atoms with van der Waals surface area (Å²) in [5.41, 5.74) is 1.39. The van der Waals surface area contributed by atoms with Gasteiger partial charge in [-0.1, -0.05) is 58.0 Å². The Kier molecular flexibility index (Phi) is 5.91. The van der Waals surface area contributed by atoms with Gasteiger partial charge < -0.3 is 5.32 Å². The molecule has 0 amide bonds. The number of benzene rings is 1. The van der Waals surface area contributed by atoms with Crippen molar-refractivity contribution in [3.05, 3.63) is 32.7 Å². The van der Waals surface area contributed by atoms with Gasteiger partial charge in [-0.25, -0.2) is 0 Å². The van der Waals surface area contributed by atoms with E-state index in [2.05, 4.69) is 69.3 Å². The Morgan fingerprint density at radius 1 is 1.11 bits per heavy atom.